The van der Waals surface area contributed by atoms with E-state index >= 15 is 0 Å². The molecule has 38 heavy (non-hydrogen) atoms. The van der Waals surface area contributed by atoms with Crippen LogP contribution >= 0.6 is 15.8 Å². The first-order valence-corrected chi connectivity index (χ1v) is 15.7. The van der Waals surface area contributed by atoms with Gasteiger partial charge in [-0.15, -0.1) is 0 Å². The van der Waals surface area contributed by atoms with Crippen LogP contribution in [0.3, 0.4) is 0 Å². The van der Waals surface area contributed by atoms with E-state index in [-0.39, 0.29) is 0 Å². The smallest absolute Gasteiger partial charge is 0.0731 e. The molecule has 0 bridgehead atoms. The number of fused-ring (bicyclic) bond motifs is 3. The molecule has 0 aromatic heterocycles. The van der Waals surface area contributed by atoms with Gasteiger partial charge in [-0.25, -0.2) is 0 Å². The Bertz CT molecular complexity index is 1360. The zero-order valence-corrected chi connectivity index (χ0v) is 22.9. The Morgan fingerprint density at radius 1 is 0.342 bits per heavy atom. The molecule has 5 aromatic rings. The van der Waals surface area contributed by atoms with E-state index in [2.05, 4.69) is 121 Å². The highest BCUT2D eigenvalue weighted by Gasteiger charge is 2.37. The van der Waals surface area contributed by atoms with Crippen LogP contribution in [-0.4, -0.2) is 0 Å². The fourth-order valence-electron chi connectivity index (χ4n) is 5.71. The van der Waals surface area contributed by atoms with Gasteiger partial charge in [0.25, 0.3) is 0 Å². The highest BCUT2D eigenvalue weighted by Crippen LogP contribution is 2.45. The van der Waals surface area contributed by atoms with Crippen LogP contribution in [0.25, 0.3) is 0 Å². The molecule has 4 heteroatoms. The largest absolute Gasteiger partial charge is 0.372 e. The topological polar surface area (TPSA) is 18.5 Å². The summed E-state index contributed by atoms with van der Waals surface area (Å²) in [6.45, 7) is 2.68. The Morgan fingerprint density at radius 2 is 0.605 bits per heavy atom. The zero-order chi connectivity index (χ0) is 25.3. The SMILES string of the molecule is c1ccc(P(c2ccccc2)c2c3c(c4c(c2P(c2ccccc2)c2ccccc2)COC4)COC3)cc1. The molecule has 0 unspecified atom stereocenters. The lowest BCUT2D eigenvalue weighted by atomic mass is 9.99. The van der Waals surface area contributed by atoms with E-state index in [1.54, 1.807) is 0 Å². The molecule has 0 aliphatic carbocycles. The van der Waals surface area contributed by atoms with Crippen molar-refractivity contribution in [3.63, 3.8) is 0 Å². The summed E-state index contributed by atoms with van der Waals surface area (Å²) < 4.78 is 12.4. The molecular weight excluding hydrogens is 502 g/mol. The fourth-order valence-corrected chi connectivity index (χ4v) is 11.5. The quantitative estimate of drug-likeness (QED) is 0.279. The third kappa shape index (κ3) is 4.23. The van der Waals surface area contributed by atoms with Crippen molar-refractivity contribution in [2.75, 3.05) is 0 Å². The molecule has 7 rings (SSSR count). The minimum atomic E-state index is -0.809. The number of benzene rings is 5. The second-order valence-corrected chi connectivity index (χ2v) is 13.9. The van der Waals surface area contributed by atoms with Crippen molar-refractivity contribution in [3.05, 3.63) is 144 Å². The van der Waals surface area contributed by atoms with Crippen molar-refractivity contribution in [1.82, 2.24) is 0 Å². The van der Waals surface area contributed by atoms with Crippen LogP contribution in [0.15, 0.2) is 121 Å². The highest BCUT2D eigenvalue weighted by molar-refractivity contribution is 7.85. The van der Waals surface area contributed by atoms with Gasteiger partial charge in [0, 0.05) is 0 Å². The van der Waals surface area contributed by atoms with Crippen LogP contribution in [0.5, 0.6) is 0 Å². The summed E-state index contributed by atoms with van der Waals surface area (Å²) in [4.78, 5) is 0. The zero-order valence-electron chi connectivity index (χ0n) is 21.1. The molecule has 2 aliphatic rings. The number of hydrogen-bond donors (Lipinski definition) is 0. The Morgan fingerprint density at radius 3 is 0.895 bits per heavy atom. The molecule has 0 spiro atoms. The molecular formula is C34H28O2P2. The first-order valence-electron chi connectivity index (χ1n) is 13.1. The minimum absolute atomic E-state index is 0.663. The molecule has 0 saturated heterocycles. The number of ether oxygens (including phenoxy) is 2. The van der Waals surface area contributed by atoms with Gasteiger partial charge in [0.05, 0.1) is 26.4 Å². The van der Waals surface area contributed by atoms with Gasteiger partial charge in [-0.1, -0.05) is 121 Å². The lowest BCUT2D eigenvalue weighted by Crippen LogP contribution is -2.39. The van der Waals surface area contributed by atoms with Gasteiger partial charge in [-0.05, 0) is 69.9 Å². The summed E-state index contributed by atoms with van der Waals surface area (Å²) in [6, 6.07) is 44.4. The Hall–Kier alpha value is -3.12. The third-order valence-electron chi connectivity index (χ3n) is 7.38. The number of rotatable bonds is 6. The standard InChI is InChI=1S/C34H28O2P2/c1-5-13-25(14-6-1)37(26-15-7-2-8-16-26)33-31-23-35-21-29(31)30-22-36-24-32(30)34(33)38(27-17-9-3-10-18-27)28-19-11-4-12-20-28/h1-20H,21-24H2. The minimum Gasteiger partial charge on any atom is -0.372 e. The number of hydrogen-bond acceptors (Lipinski definition) is 2. The van der Waals surface area contributed by atoms with Crippen molar-refractivity contribution in [2.45, 2.75) is 26.4 Å². The maximum atomic E-state index is 6.21. The maximum Gasteiger partial charge on any atom is 0.0731 e. The van der Waals surface area contributed by atoms with Crippen molar-refractivity contribution in [3.8, 4) is 0 Å². The average Bonchev–Trinajstić information content (AvgIpc) is 3.67. The van der Waals surface area contributed by atoms with Gasteiger partial charge < -0.3 is 9.47 Å². The van der Waals surface area contributed by atoms with E-state index in [1.807, 2.05) is 0 Å². The van der Waals surface area contributed by atoms with E-state index in [9.17, 15) is 0 Å². The molecule has 0 N–H and O–H groups in total. The van der Waals surface area contributed by atoms with Crippen molar-refractivity contribution >= 4 is 47.7 Å². The van der Waals surface area contributed by atoms with Gasteiger partial charge in [-0.3, -0.25) is 0 Å². The average molecular weight is 531 g/mol. The summed E-state index contributed by atoms with van der Waals surface area (Å²) in [5.41, 5.74) is 5.52. The Labute approximate surface area is 226 Å². The van der Waals surface area contributed by atoms with Gasteiger partial charge >= 0.3 is 0 Å². The predicted molar refractivity (Wildman–Crippen MR) is 161 cm³/mol. The van der Waals surface area contributed by atoms with E-state index < -0.39 is 15.8 Å². The summed E-state index contributed by atoms with van der Waals surface area (Å²) in [5, 5.41) is 8.46. The highest BCUT2D eigenvalue weighted by atomic mass is 31.1. The molecule has 0 radical (unpaired) electrons. The second-order valence-electron chi connectivity index (χ2n) is 9.61. The third-order valence-corrected chi connectivity index (χ3v) is 12.7. The lowest BCUT2D eigenvalue weighted by Gasteiger charge is -2.31. The fraction of sp³-hybridized carbons (Fsp3) is 0.118. The van der Waals surface area contributed by atoms with Crippen LogP contribution in [-0.2, 0) is 35.9 Å². The molecule has 5 aromatic carbocycles. The van der Waals surface area contributed by atoms with Gasteiger partial charge in [0.1, 0.15) is 0 Å². The van der Waals surface area contributed by atoms with Crippen LogP contribution in [0.2, 0.25) is 0 Å². The molecule has 0 amide bonds. The Kier molecular flexibility index (Phi) is 6.66. The summed E-state index contributed by atoms with van der Waals surface area (Å²) >= 11 is 0. The van der Waals surface area contributed by atoms with Crippen LogP contribution in [0.4, 0.5) is 0 Å². The molecule has 0 saturated carbocycles. The monoisotopic (exact) mass is 530 g/mol. The van der Waals surface area contributed by atoms with E-state index in [0.29, 0.717) is 26.4 Å². The summed E-state index contributed by atoms with van der Waals surface area (Å²) in [7, 11) is -1.62. The van der Waals surface area contributed by atoms with Gasteiger partial charge in [0.15, 0.2) is 0 Å². The van der Waals surface area contributed by atoms with Crippen molar-refractivity contribution < 1.29 is 9.47 Å². The molecule has 2 nitrogen and oxygen atoms in total. The lowest BCUT2D eigenvalue weighted by molar-refractivity contribution is 0.127. The normalized spacial score (nSPS) is 14.2. The molecule has 0 fully saturated rings. The van der Waals surface area contributed by atoms with E-state index in [4.69, 9.17) is 9.47 Å². The first-order chi connectivity index (χ1) is 18.9. The summed E-state index contributed by atoms with van der Waals surface area (Å²) in [5.74, 6) is 0. The van der Waals surface area contributed by atoms with Gasteiger partial charge in [-0.2, -0.15) is 0 Å². The van der Waals surface area contributed by atoms with Crippen LogP contribution < -0.4 is 31.8 Å². The first kappa shape index (κ1) is 24.0. The molecule has 0 atom stereocenters. The second kappa shape index (κ2) is 10.6. The summed E-state index contributed by atoms with van der Waals surface area (Å²) in [6.07, 6.45) is 0. The van der Waals surface area contributed by atoms with Crippen molar-refractivity contribution in [2.24, 2.45) is 0 Å². The molecule has 186 valence electrons. The van der Waals surface area contributed by atoms with E-state index in [0.717, 1.165) is 0 Å². The van der Waals surface area contributed by atoms with E-state index in [1.165, 1.54) is 54.1 Å². The molecule has 2 aliphatic heterocycles. The van der Waals surface area contributed by atoms with Gasteiger partial charge in [0.2, 0.25) is 0 Å². The predicted octanol–water partition coefficient (Wildman–Crippen LogP) is 5.26. The van der Waals surface area contributed by atoms with Crippen LogP contribution in [0.1, 0.15) is 22.3 Å². The van der Waals surface area contributed by atoms with Crippen LogP contribution in [0, 0.1) is 0 Å². The maximum absolute atomic E-state index is 6.21. The molecule has 2 heterocycles. The van der Waals surface area contributed by atoms with Crippen molar-refractivity contribution in [1.29, 1.82) is 0 Å². The Balaban J connectivity index is 1.60.